The minimum Gasteiger partial charge on any atom is -0.323 e. The SMILES string of the molecule is Cc1ncnn1-c1ccc(Nc2nc3n(n2)CCCC[C@@H]3c2ccc(F)cc2)cc1F.Cc1ncnn1-c1ccc(Nc2nc3n(n2)CCCC[C@H]3c2ccc(F)cc2)cc1F. The highest BCUT2D eigenvalue weighted by Gasteiger charge is 2.26. The molecular formula is C44H42F4N14. The monoisotopic (exact) mass is 842 g/mol. The van der Waals surface area contributed by atoms with Crippen molar-refractivity contribution < 1.29 is 17.6 Å². The molecule has 0 spiro atoms. The third-order valence-electron chi connectivity index (χ3n) is 11.1. The normalized spacial score (nSPS) is 16.0. The van der Waals surface area contributed by atoms with Gasteiger partial charge in [-0.1, -0.05) is 37.1 Å². The van der Waals surface area contributed by atoms with Crippen LogP contribution in [-0.4, -0.2) is 59.1 Å². The van der Waals surface area contributed by atoms with E-state index in [-0.39, 0.29) is 23.5 Å². The maximum absolute atomic E-state index is 14.7. The lowest BCUT2D eigenvalue weighted by molar-refractivity contribution is 0.576. The number of nitrogens with zero attached hydrogens (tertiary/aromatic N) is 12. The summed E-state index contributed by atoms with van der Waals surface area (Å²) in [6, 6.07) is 22.7. The van der Waals surface area contributed by atoms with Gasteiger partial charge in [-0.15, -0.1) is 10.2 Å². The van der Waals surface area contributed by atoms with Crippen molar-refractivity contribution in [3.8, 4) is 11.4 Å². The Bertz CT molecular complexity index is 2620. The average molecular weight is 843 g/mol. The molecule has 18 heteroatoms. The third-order valence-corrected chi connectivity index (χ3v) is 11.1. The van der Waals surface area contributed by atoms with Crippen LogP contribution in [0.15, 0.2) is 97.6 Å². The van der Waals surface area contributed by atoms with Crippen molar-refractivity contribution in [2.24, 2.45) is 0 Å². The van der Waals surface area contributed by atoms with Gasteiger partial charge in [-0.05, 0) is 111 Å². The highest BCUT2D eigenvalue weighted by Crippen LogP contribution is 2.34. The standard InChI is InChI=1S/2C22H21F2N7/c2*1-14-25-13-26-31(14)20-10-9-17(12-19(20)24)27-22-28-21-18(4-2-3-11-30(21)29-22)15-5-7-16(23)8-6-15/h2*5-10,12-13,18H,2-4,11H2,1H3,(H,27,29)/t2*18-/m10/s1. The van der Waals surface area contributed by atoms with Crippen molar-refractivity contribution in [3.63, 3.8) is 0 Å². The fourth-order valence-electron chi connectivity index (χ4n) is 8.00. The van der Waals surface area contributed by atoms with Crippen LogP contribution in [-0.2, 0) is 13.1 Å². The van der Waals surface area contributed by atoms with Crippen LogP contribution in [0.4, 0.5) is 40.8 Å². The van der Waals surface area contributed by atoms with E-state index in [4.69, 9.17) is 9.97 Å². The lowest BCUT2D eigenvalue weighted by Gasteiger charge is -2.14. The van der Waals surface area contributed by atoms with E-state index in [1.54, 1.807) is 62.4 Å². The molecule has 2 aliphatic heterocycles. The predicted octanol–water partition coefficient (Wildman–Crippen LogP) is 9.01. The summed E-state index contributed by atoms with van der Waals surface area (Å²) in [6.07, 6.45) is 8.70. The van der Waals surface area contributed by atoms with Gasteiger partial charge in [0.25, 0.3) is 0 Å². The molecule has 316 valence electrons. The van der Waals surface area contributed by atoms with E-state index >= 15 is 0 Å². The minimum atomic E-state index is -0.427. The summed E-state index contributed by atoms with van der Waals surface area (Å²) in [4.78, 5) is 17.5. The van der Waals surface area contributed by atoms with Crippen LogP contribution < -0.4 is 10.6 Å². The van der Waals surface area contributed by atoms with Gasteiger partial charge in [0, 0.05) is 36.3 Å². The van der Waals surface area contributed by atoms with Crippen LogP contribution in [0.2, 0.25) is 0 Å². The van der Waals surface area contributed by atoms with Crippen LogP contribution in [0.5, 0.6) is 0 Å². The van der Waals surface area contributed by atoms with E-state index in [2.05, 4.69) is 41.0 Å². The van der Waals surface area contributed by atoms with Crippen molar-refractivity contribution >= 4 is 23.3 Å². The number of hydrogen-bond donors (Lipinski definition) is 2. The molecule has 0 bridgehead atoms. The van der Waals surface area contributed by atoms with Crippen molar-refractivity contribution in [2.45, 2.75) is 77.3 Å². The van der Waals surface area contributed by atoms with E-state index in [9.17, 15) is 17.6 Å². The molecule has 62 heavy (non-hydrogen) atoms. The number of benzene rings is 4. The van der Waals surface area contributed by atoms with Gasteiger partial charge in [-0.25, -0.2) is 46.3 Å². The van der Waals surface area contributed by atoms with Crippen molar-refractivity contribution in [1.82, 2.24) is 59.1 Å². The Morgan fingerprint density at radius 2 is 0.952 bits per heavy atom. The first-order valence-electron chi connectivity index (χ1n) is 20.4. The number of nitrogens with one attached hydrogen (secondary N) is 2. The van der Waals surface area contributed by atoms with Gasteiger partial charge in [-0.2, -0.15) is 20.2 Å². The Balaban J connectivity index is 0.000000158. The van der Waals surface area contributed by atoms with E-state index in [1.807, 2.05) is 9.36 Å². The first kappa shape index (κ1) is 40.2. The number of aryl methyl sites for hydroxylation is 4. The molecule has 0 radical (unpaired) electrons. The largest absolute Gasteiger partial charge is 0.323 e. The van der Waals surface area contributed by atoms with Crippen LogP contribution in [0.3, 0.4) is 0 Å². The van der Waals surface area contributed by atoms with Crippen LogP contribution in [0.1, 0.15) is 84.8 Å². The number of halogens is 4. The van der Waals surface area contributed by atoms with Crippen molar-refractivity contribution in [2.75, 3.05) is 10.6 Å². The second-order valence-corrected chi connectivity index (χ2v) is 15.3. The summed E-state index contributed by atoms with van der Waals surface area (Å²) in [6.45, 7) is 5.05. The zero-order chi connectivity index (χ0) is 42.7. The quantitative estimate of drug-likeness (QED) is 0.142. The summed E-state index contributed by atoms with van der Waals surface area (Å²) in [7, 11) is 0. The summed E-state index contributed by atoms with van der Waals surface area (Å²) in [5, 5.41) is 23.5. The van der Waals surface area contributed by atoms with Crippen molar-refractivity contribution in [3.05, 3.63) is 155 Å². The first-order valence-corrected chi connectivity index (χ1v) is 20.4. The smallest absolute Gasteiger partial charge is 0.246 e. The number of hydrogen-bond acceptors (Lipinski definition) is 10. The summed E-state index contributed by atoms with van der Waals surface area (Å²) >= 11 is 0. The Kier molecular flexibility index (Phi) is 11.3. The molecular weight excluding hydrogens is 801 g/mol. The molecule has 2 atom stereocenters. The fraction of sp³-hybridized carbons (Fsp3) is 0.273. The zero-order valence-electron chi connectivity index (χ0n) is 33.9. The van der Waals surface area contributed by atoms with Crippen LogP contribution in [0.25, 0.3) is 11.4 Å². The number of fused-ring (bicyclic) bond motifs is 2. The Morgan fingerprint density at radius 3 is 1.32 bits per heavy atom. The predicted molar refractivity (Wildman–Crippen MR) is 223 cm³/mol. The molecule has 10 rings (SSSR count). The average Bonchev–Trinajstić information content (AvgIpc) is 4.03. The van der Waals surface area contributed by atoms with E-state index in [0.29, 0.717) is 46.3 Å². The molecule has 4 aromatic carbocycles. The molecule has 0 unspecified atom stereocenters. The number of rotatable bonds is 8. The van der Waals surface area contributed by atoms with Gasteiger partial charge in [0.05, 0.1) is 0 Å². The highest BCUT2D eigenvalue weighted by molar-refractivity contribution is 5.57. The Labute approximate surface area is 353 Å². The van der Waals surface area contributed by atoms with Gasteiger partial charge in [0.1, 0.15) is 59.0 Å². The van der Waals surface area contributed by atoms with Gasteiger partial charge < -0.3 is 10.6 Å². The summed E-state index contributed by atoms with van der Waals surface area (Å²) in [5.41, 5.74) is 3.76. The second-order valence-electron chi connectivity index (χ2n) is 15.3. The molecule has 14 nitrogen and oxygen atoms in total. The van der Waals surface area contributed by atoms with Crippen LogP contribution in [0, 0.1) is 37.1 Å². The molecule has 0 saturated heterocycles. The zero-order valence-corrected chi connectivity index (χ0v) is 33.9. The van der Waals surface area contributed by atoms with E-state index in [1.165, 1.54) is 58.4 Å². The van der Waals surface area contributed by atoms with Crippen LogP contribution >= 0.6 is 0 Å². The number of anilines is 4. The number of aromatic nitrogens is 12. The third kappa shape index (κ3) is 8.53. The Morgan fingerprint density at radius 1 is 0.532 bits per heavy atom. The molecule has 0 fully saturated rings. The molecule has 0 aliphatic carbocycles. The van der Waals surface area contributed by atoms with Gasteiger partial charge >= 0.3 is 0 Å². The Hall–Kier alpha value is -7.24. The van der Waals surface area contributed by atoms with E-state index < -0.39 is 11.6 Å². The minimum absolute atomic E-state index is 0.0422. The van der Waals surface area contributed by atoms with Gasteiger partial charge in [0.15, 0.2) is 11.6 Å². The maximum Gasteiger partial charge on any atom is 0.246 e. The molecule has 6 heterocycles. The lowest BCUT2D eigenvalue weighted by atomic mass is 9.93. The summed E-state index contributed by atoms with van der Waals surface area (Å²) in [5.74, 6) is 2.41. The first-order chi connectivity index (χ1) is 30.2. The fourth-order valence-corrected chi connectivity index (χ4v) is 8.00. The molecule has 4 aromatic heterocycles. The lowest BCUT2D eigenvalue weighted by Crippen LogP contribution is -2.08. The molecule has 0 saturated carbocycles. The molecule has 2 aliphatic rings. The van der Waals surface area contributed by atoms with Crippen molar-refractivity contribution in [1.29, 1.82) is 0 Å². The highest BCUT2D eigenvalue weighted by atomic mass is 19.1. The molecule has 8 aromatic rings. The van der Waals surface area contributed by atoms with E-state index in [0.717, 1.165) is 74.4 Å². The molecule has 2 N–H and O–H groups in total. The van der Waals surface area contributed by atoms with Gasteiger partial charge in [0.2, 0.25) is 11.9 Å². The van der Waals surface area contributed by atoms with Gasteiger partial charge in [-0.3, -0.25) is 0 Å². The summed E-state index contributed by atoms with van der Waals surface area (Å²) < 4.78 is 62.8. The topological polar surface area (TPSA) is 147 Å². The maximum atomic E-state index is 14.7. The molecule has 0 amide bonds. The second kappa shape index (κ2) is 17.4.